The van der Waals surface area contributed by atoms with Crippen molar-refractivity contribution in [3.8, 4) is 11.4 Å². The van der Waals surface area contributed by atoms with Crippen molar-refractivity contribution in [1.29, 1.82) is 0 Å². The highest BCUT2D eigenvalue weighted by Crippen LogP contribution is 2.26. The number of amides is 1. The third-order valence-electron chi connectivity index (χ3n) is 3.22. The number of anilines is 1. The molecule has 0 radical (unpaired) electrons. The smallest absolute Gasteiger partial charge is 0.387 e. The number of aromatic nitrogens is 2. The topological polar surface area (TPSA) is 56.1 Å². The maximum Gasteiger partial charge on any atom is 0.387 e. The van der Waals surface area contributed by atoms with Gasteiger partial charge in [-0.15, -0.1) is 0 Å². The largest absolute Gasteiger partial charge is 0.433 e. The predicted molar refractivity (Wildman–Crippen MR) is 84.6 cm³/mol. The van der Waals surface area contributed by atoms with Gasteiger partial charge in [0.15, 0.2) is 0 Å². The summed E-state index contributed by atoms with van der Waals surface area (Å²) in [4.78, 5) is 12.3. The molecule has 0 spiro atoms. The molecule has 0 bridgehead atoms. The van der Waals surface area contributed by atoms with Crippen LogP contribution in [-0.4, -0.2) is 22.3 Å². The van der Waals surface area contributed by atoms with Crippen molar-refractivity contribution in [3.63, 3.8) is 0 Å². The molecule has 0 saturated heterocycles. The molecule has 1 aromatic heterocycles. The molecule has 3 rings (SSSR count). The van der Waals surface area contributed by atoms with E-state index in [1.165, 1.54) is 18.3 Å². The zero-order valence-electron chi connectivity index (χ0n) is 12.4. The molecule has 122 valence electrons. The lowest BCUT2D eigenvalue weighted by atomic mass is 10.2. The van der Waals surface area contributed by atoms with Crippen molar-refractivity contribution in [2.24, 2.45) is 0 Å². The van der Waals surface area contributed by atoms with Gasteiger partial charge in [0.1, 0.15) is 5.75 Å². The molecule has 3 aromatic rings. The predicted octanol–water partition coefficient (Wildman–Crippen LogP) is 3.73. The van der Waals surface area contributed by atoms with Crippen LogP contribution in [0.5, 0.6) is 5.75 Å². The van der Waals surface area contributed by atoms with Crippen LogP contribution < -0.4 is 10.1 Å². The van der Waals surface area contributed by atoms with E-state index in [1.54, 1.807) is 23.0 Å². The Morgan fingerprint density at radius 3 is 2.54 bits per heavy atom. The van der Waals surface area contributed by atoms with Crippen LogP contribution in [0.15, 0.2) is 67.0 Å². The van der Waals surface area contributed by atoms with Crippen LogP contribution in [-0.2, 0) is 0 Å². The van der Waals surface area contributed by atoms with Crippen LogP contribution in [0.3, 0.4) is 0 Å². The van der Waals surface area contributed by atoms with Gasteiger partial charge in [-0.2, -0.15) is 13.9 Å². The Labute approximate surface area is 136 Å². The van der Waals surface area contributed by atoms with Crippen LogP contribution in [0.2, 0.25) is 0 Å². The summed E-state index contributed by atoms with van der Waals surface area (Å²) in [6.07, 6.45) is 2.96. The van der Waals surface area contributed by atoms with Crippen molar-refractivity contribution < 1.29 is 18.3 Å². The molecular formula is C17H13F2N3O2. The molecule has 0 unspecified atom stereocenters. The lowest BCUT2D eigenvalue weighted by Gasteiger charge is -2.10. The molecule has 1 amide bonds. The van der Waals surface area contributed by atoms with E-state index < -0.39 is 12.5 Å². The summed E-state index contributed by atoms with van der Waals surface area (Å²) in [6, 6.07) is 15.3. The number of halogens is 2. The van der Waals surface area contributed by atoms with Gasteiger partial charge >= 0.3 is 6.61 Å². The average Bonchev–Trinajstić information content (AvgIpc) is 3.07. The van der Waals surface area contributed by atoms with Crippen LogP contribution in [0, 0.1) is 0 Å². The summed E-state index contributed by atoms with van der Waals surface area (Å²) < 4.78 is 30.7. The molecule has 0 atom stereocenters. The van der Waals surface area contributed by atoms with Crippen molar-refractivity contribution in [1.82, 2.24) is 9.78 Å². The van der Waals surface area contributed by atoms with Gasteiger partial charge in [-0.3, -0.25) is 4.79 Å². The first-order valence-electron chi connectivity index (χ1n) is 7.09. The minimum absolute atomic E-state index is 0.101. The number of hydrogen-bond donors (Lipinski definition) is 1. The van der Waals surface area contributed by atoms with Crippen LogP contribution >= 0.6 is 0 Å². The van der Waals surface area contributed by atoms with Gasteiger partial charge in [0.2, 0.25) is 0 Å². The maximum absolute atomic E-state index is 12.4. The number of nitrogens with zero attached hydrogens (tertiary/aromatic N) is 2. The number of ether oxygens (including phenoxy) is 1. The summed E-state index contributed by atoms with van der Waals surface area (Å²) in [5.74, 6) is -0.571. The van der Waals surface area contributed by atoms with E-state index in [-0.39, 0.29) is 11.4 Å². The maximum atomic E-state index is 12.4. The monoisotopic (exact) mass is 329 g/mol. The quantitative estimate of drug-likeness (QED) is 0.776. The Balaban J connectivity index is 1.78. The van der Waals surface area contributed by atoms with Gasteiger partial charge in [-0.25, -0.2) is 4.68 Å². The van der Waals surface area contributed by atoms with E-state index in [4.69, 9.17) is 0 Å². The summed E-state index contributed by atoms with van der Waals surface area (Å²) in [6.45, 7) is -2.97. The number of rotatable bonds is 5. The second kappa shape index (κ2) is 6.91. The lowest BCUT2D eigenvalue weighted by Crippen LogP contribution is -2.13. The van der Waals surface area contributed by atoms with E-state index in [0.717, 1.165) is 5.69 Å². The molecular weight excluding hydrogens is 316 g/mol. The number of para-hydroxylation sites is 3. The molecule has 0 aliphatic heterocycles. The second-order valence-corrected chi connectivity index (χ2v) is 4.84. The van der Waals surface area contributed by atoms with E-state index in [0.29, 0.717) is 5.56 Å². The third kappa shape index (κ3) is 3.57. The second-order valence-electron chi connectivity index (χ2n) is 4.84. The zero-order chi connectivity index (χ0) is 16.9. The number of carbonyl (C=O) groups excluding carboxylic acids is 1. The molecule has 0 aliphatic rings. The van der Waals surface area contributed by atoms with Gasteiger partial charge in [-0.1, -0.05) is 30.3 Å². The molecule has 7 heteroatoms. The van der Waals surface area contributed by atoms with Crippen molar-refractivity contribution in [2.45, 2.75) is 6.61 Å². The zero-order valence-corrected chi connectivity index (χ0v) is 12.4. The van der Waals surface area contributed by atoms with E-state index in [9.17, 15) is 13.6 Å². The number of nitrogens with one attached hydrogen (secondary N) is 1. The van der Waals surface area contributed by atoms with Gasteiger partial charge in [0.25, 0.3) is 5.91 Å². The third-order valence-corrected chi connectivity index (χ3v) is 3.22. The van der Waals surface area contributed by atoms with Crippen molar-refractivity contribution in [2.75, 3.05) is 5.32 Å². The lowest BCUT2D eigenvalue weighted by molar-refractivity contribution is -0.0493. The number of carbonyl (C=O) groups is 1. The molecule has 0 fully saturated rings. The molecule has 2 aromatic carbocycles. The van der Waals surface area contributed by atoms with Crippen LogP contribution in [0.4, 0.5) is 14.5 Å². The Kier molecular flexibility index (Phi) is 4.51. The van der Waals surface area contributed by atoms with Crippen molar-refractivity contribution >= 4 is 11.6 Å². The first-order chi connectivity index (χ1) is 11.6. The number of hydrogen-bond acceptors (Lipinski definition) is 3. The Hall–Kier alpha value is -3.22. The van der Waals surface area contributed by atoms with Crippen LogP contribution in [0.1, 0.15) is 10.4 Å². The number of benzene rings is 2. The Morgan fingerprint density at radius 2 is 1.79 bits per heavy atom. The molecule has 24 heavy (non-hydrogen) atoms. The summed E-state index contributed by atoms with van der Waals surface area (Å²) >= 11 is 0. The first kappa shape index (κ1) is 15.7. The summed E-state index contributed by atoms with van der Waals surface area (Å²) in [5.41, 5.74) is 1.26. The van der Waals surface area contributed by atoms with Gasteiger partial charge < -0.3 is 10.1 Å². The normalized spacial score (nSPS) is 10.6. The molecule has 0 aliphatic carbocycles. The van der Waals surface area contributed by atoms with Crippen molar-refractivity contribution in [3.05, 3.63) is 72.6 Å². The summed E-state index contributed by atoms with van der Waals surface area (Å²) in [5, 5.41) is 6.67. The fourth-order valence-corrected chi connectivity index (χ4v) is 2.13. The Bertz CT molecular complexity index is 835. The first-order valence-corrected chi connectivity index (χ1v) is 7.09. The van der Waals surface area contributed by atoms with Gasteiger partial charge in [0.05, 0.1) is 23.1 Å². The molecule has 5 nitrogen and oxygen atoms in total. The SMILES string of the molecule is O=C(Nc1ccccc1OC(F)F)c1cnn(-c2ccccc2)c1. The highest BCUT2D eigenvalue weighted by atomic mass is 19.3. The minimum Gasteiger partial charge on any atom is -0.433 e. The fourth-order valence-electron chi connectivity index (χ4n) is 2.13. The van der Waals surface area contributed by atoms with Gasteiger partial charge in [-0.05, 0) is 24.3 Å². The minimum atomic E-state index is -2.97. The average molecular weight is 329 g/mol. The van der Waals surface area contributed by atoms with Gasteiger partial charge in [0, 0.05) is 6.20 Å². The van der Waals surface area contributed by atoms with E-state index in [1.807, 2.05) is 30.3 Å². The van der Waals surface area contributed by atoms with Crippen LogP contribution in [0.25, 0.3) is 5.69 Å². The summed E-state index contributed by atoms with van der Waals surface area (Å²) in [7, 11) is 0. The molecule has 1 heterocycles. The number of alkyl halides is 2. The highest BCUT2D eigenvalue weighted by molar-refractivity contribution is 6.04. The fraction of sp³-hybridized carbons (Fsp3) is 0.0588. The standard InChI is InChI=1S/C17H13F2N3O2/c18-17(19)24-15-9-5-4-8-14(15)21-16(23)12-10-20-22(11-12)13-6-2-1-3-7-13/h1-11,17H,(H,21,23). The molecule has 1 N–H and O–H groups in total. The molecule has 0 saturated carbocycles. The highest BCUT2D eigenvalue weighted by Gasteiger charge is 2.14. The van der Waals surface area contributed by atoms with E-state index >= 15 is 0 Å². The Morgan fingerprint density at radius 1 is 1.08 bits per heavy atom. The van der Waals surface area contributed by atoms with E-state index in [2.05, 4.69) is 15.2 Å².